The van der Waals surface area contributed by atoms with E-state index in [4.69, 9.17) is 4.74 Å². The Morgan fingerprint density at radius 3 is 2.81 bits per heavy atom. The molecule has 0 aromatic heterocycles. The first kappa shape index (κ1) is 13.9. The Labute approximate surface area is 101 Å². The molecular formula is C13H28N2O. The smallest absolute Gasteiger partial charge is 0.0474 e. The molecule has 1 heterocycles. The van der Waals surface area contributed by atoms with Gasteiger partial charge in [0.2, 0.25) is 0 Å². The number of piperidine rings is 1. The molecule has 0 bridgehead atoms. The van der Waals surface area contributed by atoms with Gasteiger partial charge in [0.15, 0.2) is 0 Å². The first-order valence-corrected chi connectivity index (χ1v) is 6.47. The number of nitrogens with zero attached hydrogens (tertiary/aromatic N) is 1. The average molecular weight is 228 g/mol. The van der Waals surface area contributed by atoms with E-state index in [0.717, 1.165) is 26.1 Å². The van der Waals surface area contributed by atoms with Crippen LogP contribution in [-0.4, -0.2) is 51.3 Å². The van der Waals surface area contributed by atoms with Crippen LogP contribution in [0, 0.1) is 5.41 Å². The Morgan fingerprint density at radius 1 is 1.44 bits per heavy atom. The minimum atomic E-state index is 0.438. The summed E-state index contributed by atoms with van der Waals surface area (Å²) in [5.41, 5.74) is 0.438. The minimum absolute atomic E-state index is 0.438. The molecule has 3 heteroatoms. The highest BCUT2D eigenvalue weighted by molar-refractivity contribution is 4.89. The third kappa shape index (κ3) is 4.40. The van der Waals surface area contributed by atoms with Crippen LogP contribution in [0.5, 0.6) is 0 Å². The Kier molecular flexibility index (Phi) is 5.73. The molecule has 1 aliphatic rings. The molecule has 3 nitrogen and oxygen atoms in total. The van der Waals surface area contributed by atoms with Crippen LogP contribution >= 0.6 is 0 Å². The summed E-state index contributed by atoms with van der Waals surface area (Å²) in [6, 6.07) is 0.633. The fourth-order valence-electron chi connectivity index (χ4n) is 2.46. The van der Waals surface area contributed by atoms with Crippen LogP contribution in [0.3, 0.4) is 0 Å². The van der Waals surface area contributed by atoms with E-state index in [1.165, 1.54) is 19.4 Å². The van der Waals surface area contributed by atoms with E-state index in [1.54, 1.807) is 7.11 Å². The van der Waals surface area contributed by atoms with E-state index in [2.05, 4.69) is 31.1 Å². The summed E-state index contributed by atoms with van der Waals surface area (Å²) >= 11 is 0. The zero-order valence-corrected chi connectivity index (χ0v) is 11.4. The quantitative estimate of drug-likeness (QED) is 0.701. The fourth-order valence-corrected chi connectivity index (χ4v) is 2.46. The van der Waals surface area contributed by atoms with Crippen LogP contribution < -0.4 is 5.32 Å². The molecule has 1 fully saturated rings. The maximum absolute atomic E-state index is 5.08. The predicted octanol–water partition coefficient (Wildman–Crippen LogP) is 1.73. The molecule has 0 aromatic rings. The van der Waals surface area contributed by atoms with Gasteiger partial charge in [-0.2, -0.15) is 0 Å². The molecule has 96 valence electrons. The zero-order valence-electron chi connectivity index (χ0n) is 11.4. The monoisotopic (exact) mass is 228 g/mol. The van der Waals surface area contributed by atoms with Gasteiger partial charge < -0.3 is 15.0 Å². The van der Waals surface area contributed by atoms with Crippen molar-refractivity contribution in [1.29, 1.82) is 0 Å². The summed E-state index contributed by atoms with van der Waals surface area (Å²) in [5, 5.41) is 3.66. The van der Waals surface area contributed by atoms with Crippen molar-refractivity contribution in [2.24, 2.45) is 5.41 Å². The Hall–Kier alpha value is -0.120. The van der Waals surface area contributed by atoms with Crippen LogP contribution in [0.1, 0.15) is 33.1 Å². The molecule has 1 saturated heterocycles. The Balaban J connectivity index is 2.28. The number of methoxy groups -OCH3 is 1. The van der Waals surface area contributed by atoms with E-state index >= 15 is 0 Å². The largest absolute Gasteiger partial charge is 0.385 e. The van der Waals surface area contributed by atoms with Crippen LogP contribution in [0.25, 0.3) is 0 Å². The first-order valence-electron chi connectivity index (χ1n) is 6.47. The number of hydrogen-bond donors (Lipinski definition) is 1. The molecule has 0 aliphatic carbocycles. The Bertz CT molecular complexity index is 194. The Morgan fingerprint density at radius 2 is 2.19 bits per heavy atom. The lowest BCUT2D eigenvalue weighted by Crippen LogP contribution is -2.52. The van der Waals surface area contributed by atoms with Crippen LogP contribution in [0.15, 0.2) is 0 Å². The maximum Gasteiger partial charge on any atom is 0.0474 e. The van der Waals surface area contributed by atoms with Crippen LogP contribution in [0.2, 0.25) is 0 Å². The van der Waals surface area contributed by atoms with Gasteiger partial charge in [0.1, 0.15) is 0 Å². The van der Waals surface area contributed by atoms with E-state index in [0.29, 0.717) is 11.5 Å². The van der Waals surface area contributed by atoms with Gasteiger partial charge in [-0.15, -0.1) is 0 Å². The van der Waals surface area contributed by atoms with Crippen LogP contribution in [-0.2, 0) is 4.74 Å². The van der Waals surface area contributed by atoms with E-state index < -0.39 is 0 Å². The number of rotatable bonds is 6. The lowest BCUT2D eigenvalue weighted by molar-refractivity contribution is 0.129. The topological polar surface area (TPSA) is 24.5 Å². The SMILES string of the molecule is COCCCN(C)CC1NCCCC1(C)C. The normalized spacial score (nSPS) is 24.9. The molecule has 0 saturated carbocycles. The average Bonchev–Trinajstić information content (AvgIpc) is 2.21. The van der Waals surface area contributed by atoms with Gasteiger partial charge >= 0.3 is 0 Å². The van der Waals surface area contributed by atoms with Crippen molar-refractivity contribution in [2.45, 2.75) is 39.2 Å². The molecule has 1 rings (SSSR count). The predicted molar refractivity (Wildman–Crippen MR) is 68.8 cm³/mol. The number of hydrogen-bond acceptors (Lipinski definition) is 3. The maximum atomic E-state index is 5.08. The second-order valence-corrected chi connectivity index (χ2v) is 5.71. The summed E-state index contributed by atoms with van der Waals surface area (Å²) in [5.74, 6) is 0. The lowest BCUT2D eigenvalue weighted by Gasteiger charge is -2.41. The molecule has 1 unspecified atom stereocenters. The first-order chi connectivity index (χ1) is 7.56. The fraction of sp³-hybridized carbons (Fsp3) is 1.00. The summed E-state index contributed by atoms with van der Waals surface area (Å²) in [4.78, 5) is 2.42. The van der Waals surface area contributed by atoms with Gasteiger partial charge in [0.05, 0.1) is 0 Å². The molecule has 0 spiro atoms. The molecule has 1 atom stereocenters. The van der Waals surface area contributed by atoms with Gasteiger partial charge in [-0.05, 0) is 38.3 Å². The standard InChI is InChI=1S/C13H28N2O/c1-13(2)7-5-8-14-12(13)11-15(3)9-6-10-16-4/h12,14H,5-11H2,1-4H3. The van der Waals surface area contributed by atoms with Crippen molar-refractivity contribution >= 4 is 0 Å². The molecular weight excluding hydrogens is 200 g/mol. The van der Waals surface area contributed by atoms with Crippen molar-refractivity contribution in [3.05, 3.63) is 0 Å². The third-order valence-corrected chi connectivity index (χ3v) is 3.71. The van der Waals surface area contributed by atoms with Gasteiger partial charge in [-0.3, -0.25) is 0 Å². The second kappa shape index (κ2) is 6.58. The zero-order chi connectivity index (χ0) is 12.0. The molecule has 1 aliphatic heterocycles. The van der Waals surface area contributed by atoms with E-state index in [-0.39, 0.29) is 0 Å². The highest BCUT2D eigenvalue weighted by Gasteiger charge is 2.32. The van der Waals surface area contributed by atoms with Gasteiger partial charge in [-0.1, -0.05) is 13.8 Å². The minimum Gasteiger partial charge on any atom is -0.385 e. The van der Waals surface area contributed by atoms with Crippen molar-refractivity contribution in [3.63, 3.8) is 0 Å². The highest BCUT2D eigenvalue weighted by Crippen LogP contribution is 2.30. The van der Waals surface area contributed by atoms with Gasteiger partial charge in [0, 0.05) is 32.8 Å². The summed E-state index contributed by atoms with van der Waals surface area (Å²) in [7, 11) is 3.98. The number of nitrogens with one attached hydrogen (secondary N) is 1. The van der Waals surface area contributed by atoms with E-state index in [1.807, 2.05) is 0 Å². The van der Waals surface area contributed by atoms with Crippen molar-refractivity contribution in [2.75, 3.05) is 40.4 Å². The summed E-state index contributed by atoms with van der Waals surface area (Å²) in [6.45, 7) is 9.09. The molecule has 1 N–H and O–H groups in total. The van der Waals surface area contributed by atoms with Gasteiger partial charge in [-0.25, -0.2) is 0 Å². The third-order valence-electron chi connectivity index (χ3n) is 3.71. The van der Waals surface area contributed by atoms with Crippen molar-refractivity contribution < 1.29 is 4.74 Å². The summed E-state index contributed by atoms with van der Waals surface area (Å²) < 4.78 is 5.08. The van der Waals surface area contributed by atoms with Crippen LogP contribution in [0.4, 0.5) is 0 Å². The number of ether oxygens (including phenoxy) is 1. The lowest BCUT2D eigenvalue weighted by atomic mass is 9.77. The van der Waals surface area contributed by atoms with Gasteiger partial charge in [0.25, 0.3) is 0 Å². The highest BCUT2D eigenvalue weighted by atomic mass is 16.5. The van der Waals surface area contributed by atoms with E-state index in [9.17, 15) is 0 Å². The molecule has 16 heavy (non-hydrogen) atoms. The number of likely N-dealkylation sites (N-methyl/N-ethyl adjacent to an activating group) is 1. The van der Waals surface area contributed by atoms with Crippen molar-refractivity contribution in [3.8, 4) is 0 Å². The molecule has 0 aromatic carbocycles. The molecule has 0 radical (unpaired) electrons. The second-order valence-electron chi connectivity index (χ2n) is 5.71. The molecule has 0 amide bonds. The van der Waals surface area contributed by atoms with Crippen molar-refractivity contribution in [1.82, 2.24) is 10.2 Å². The summed E-state index contributed by atoms with van der Waals surface area (Å²) in [6.07, 6.45) is 3.79.